The molecule has 0 rings (SSSR count). The summed E-state index contributed by atoms with van der Waals surface area (Å²) in [6, 6.07) is -0.905. The molecule has 0 saturated carbocycles. The molecular formula is C60H109N2O7P. The SMILES string of the molecule is CC/C=C\C/C=C\C/C=C\C/C=C\C/C=C\CCCCCC(=O)NC(COP(=O)([O-])OCC[N+](C)(C)C)C(/C=C\CCCCCCCCCCC)OC(=O)CCCCCCCCCCCCCCCC. The van der Waals surface area contributed by atoms with E-state index in [1.807, 2.05) is 33.3 Å². The van der Waals surface area contributed by atoms with Gasteiger partial charge in [0.15, 0.2) is 0 Å². The molecule has 3 unspecified atom stereocenters. The number of nitrogens with one attached hydrogen (secondary N) is 1. The van der Waals surface area contributed by atoms with E-state index in [1.54, 1.807) is 0 Å². The predicted octanol–water partition coefficient (Wildman–Crippen LogP) is 16.6. The molecule has 1 N–H and O–H groups in total. The first kappa shape index (κ1) is 67.5. The van der Waals surface area contributed by atoms with Crippen molar-refractivity contribution in [3.05, 3.63) is 72.9 Å². The number of esters is 1. The van der Waals surface area contributed by atoms with Crippen LogP contribution in [0.5, 0.6) is 0 Å². The molecule has 0 aromatic rings. The Morgan fingerprint density at radius 2 is 0.914 bits per heavy atom. The maximum absolute atomic E-state index is 13.5. The highest BCUT2D eigenvalue weighted by atomic mass is 31.2. The summed E-state index contributed by atoms with van der Waals surface area (Å²) in [7, 11) is 1.16. The van der Waals surface area contributed by atoms with Crippen LogP contribution in [0.1, 0.15) is 245 Å². The zero-order valence-corrected chi connectivity index (χ0v) is 47.1. The molecule has 9 nitrogen and oxygen atoms in total. The van der Waals surface area contributed by atoms with Gasteiger partial charge >= 0.3 is 5.97 Å². The number of unbranched alkanes of at least 4 members (excludes halogenated alkanes) is 25. The number of hydrogen-bond acceptors (Lipinski definition) is 7. The monoisotopic (exact) mass is 1000 g/mol. The van der Waals surface area contributed by atoms with E-state index in [4.69, 9.17) is 13.8 Å². The topological polar surface area (TPSA) is 114 Å². The Bertz CT molecular complexity index is 1430. The van der Waals surface area contributed by atoms with E-state index in [1.165, 1.54) is 116 Å². The zero-order chi connectivity index (χ0) is 51.5. The third-order valence-electron chi connectivity index (χ3n) is 12.4. The fourth-order valence-corrected chi connectivity index (χ4v) is 8.68. The molecule has 0 saturated heterocycles. The van der Waals surface area contributed by atoms with Gasteiger partial charge in [-0.05, 0) is 76.7 Å². The number of nitrogens with zero attached hydrogens (tertiary/aromatic N) is 1. The molecule has 0 aliphatic heterocycles. The van der Waals surface area contributed by atoms with Crippen molar-refractivity contribution in [3.8, 4) is 0 Å². The highest BCUT2D eigenvalue weighted by Crippen LogP contribution is 2.38. The minimum Gasteiger partial charge on any atom is -0.756 e. The second-order valence-electron chi connectivity index (χ2n) is 20.4. The molecule has 0 aliphatic rings. The summed E-state index contributed by atoms with van der Waals surface area (Å²) >= 11 is 0. The first-order chi connectivity index (χ1) is 33.9. The number of phosphoric ester groups is 1. The first-order valence-corrected chi connectivity index (χ1v) is 30.2. The number of carbonyl (C=O) groups excluding carboxylic acids is 2. The van der Waals surface area contributed by atoms with Crippen LogP contribution in [0, 0.1) is 0 Å². The predicted molar refractivity (Wildman–Crippen MR) is 298 cm³/mol. The van der Waals surface area contributed by atoms with Crippen LogP contribution in [0.2, 0.25) is 0 Å². The van der Waals surface area contributed by atoms with Crippen molar-refractivity contribution in [1.82, 2.24) is 5.32 Å². The second-order valence-corrected chi connectivity index (χ2v) is 21.8. The fourth-order valence-electron chi connectivity index (χ4n) is 7.96. The van der Waals surface area contributed by atoms with Crippen LogP contribution in [0.4, 0.5) is 0 Å². The maximum atomic E-state index is 13.5. The van der Waals surface area contributed by atoms with Gasteiger partial charge < -0.3 is 28.5 Å². The van der Waals surface area contributed by atoms with Crippen LogP contribution in [0.15, 0.2) is 72.9 Å². The largest absolute Gasteiger partial charge is 0.756 e. The summed E-state index contributed by atoms with van der Waals surface area (Å²) in [4.78, 5) is 39.8. The van der Waals surface area contributed by atoms with Crippen molar-refractivity contribution in [2.45, 2.75) is 258 Å². The lowest BCUT2D eigenvalue weighted by atomic mass is 10.0. The van der Waals surface area contributed by atoms with Crippen LogP contribution in [-0.4, -0.2) is 69.4 Å². The first-order valence-electron chi connectivity index (χ1n) is 28.7. The molecule has 0 aromatic carbocycles. The van der Waals surface area contributed by atoms with Crippen molar-refractivity contribution >= 4 is 19.7 Å². The minimum absolute atomic E-state index is 0.0306. The zero-order valence-electron chi connectivity index (χ0n) is 46.2. The van der Waals surface area contributed by atoms with Crippen molar-refractivity contribution in [3.63, 3.8) is 0 Å². The van der Waals surface area contributed by atoms with E-state index in [9.17, 15) is 19.0 Å². The minimum atomic E-state index is -4.70. The molecule has 0 heterocycles. The number of hydrogen-bond donors (Lipinski definition) is 1. The van der Waals surface area contributed by atoms with Gasteiger partial charge in [0.25, 0.3) is 7.82 Å². The van der Waals surface area contributed by atoms with E-state index in [0.717, 1.165) is 89.9 Å². The van der Waals surface area contributed by atoms with E-state index in [0.29, 0.717) is 17.4 Å². The summed E-state index contributed by atoms with van der Waals surface area (Å²) in [5.41, 5.74) is 0. The molecule has 0 radical (unpaired) electrons. The summed E-state index contributed by atoms with van der Waals surface area (Å²) in [5.74, 6) is -0.578. The second kappa shape index (κ2) is 50.0. The third-order valence-corrected chi connectivity index (χ3v) is 13.4. The quantitative estimate of drug-likeness (QED) is 0.0212. The molecule has 0 aromatic heterocycles. The molecule has 10 heteroatoms. The molecule has 406 valence electrons. The number of carbonyl (C=O) groups is 2. The Labute approximate surface area is 432 Å². The Hall–Kier alpha value is -2.55. The van der Waals surface area contributed by atoms with Crippen LogP contribution in [0.3, 0.4) is 0 Å². The molecule has 1 amide bonds. The van der Waals surface area contributed by atoms with Gasteiger partial charge in [-0.15, -0.1) is 0 Å². The molecule has 0 bridgehead atoms. The number of likely N-dealkylation sites (N-methyl/N-ethyl adjacent to an activating group) is 1. The van der Waals surface area contributed by atoms with E-state index in [2.05, 4.69) is 86.8 Å². The van der Waals surface area contributed by atoms with Crippen LogP contribution in [-0.2, 0) is 27.9 Å². The standard InChI is InChI=1S/C60H109N2O7P/c1-7-10-13-16-19-22-25-27-29-30-31-32-33-34-37-40-43-46-49-52-59(63)61-57(56-68-70(65,66)67-55-54-62(4,5)6)58(51-48-45-42-39-36-24-21-18-15-12-9-3)69-60(64)53-50-47-44-41-38-35-28-26-23-20-17-14-11-8-2/h10,13,19,22,27,29,31-32,34,37,48,51,57-58H,7-9,11-12,14-18,20-21,23-26,28,30,33,35-36,38-47,49-50,52-56H2,1-6H3,(H-,61,63,65,66)/b13-10-,22-19-,29-27-,32-31-,37-34-,51-48-. The Kier molecular flexibility index (Phi) is 48.2. The summed E-state index contributed by atoms with van der Waals surface area (Å²) < 4.78 is 30.2. The van der Waals surface area contributed by atoms with Crippen molar-refractivity contribution < 1.29 is 37.3 Å². The third kappa shape index (κ3) is 50.4. The van der Waals surface area contributed by atoms with Crippen LogP contribution in [0.25, 0.3) is 0 Å². The highest BCUT2D eigenvalue weighted by Gasteiger charge is 2.27. The number of ether oxygens (including phenoxy) is 1. The maximum Gasteiger partial charge on any atom is 0.306 e. The molecule has 0 spiro atoms. The molecule has 0 aliphatic carbocycles. The van der Waals surface area contributed by atoms with Gasteiger partial charge in [0.1, 0.15) is 19.3 Å². The number of quaternary nitrogens is 1. The van der Waals surface area contributed by atoms with E-state index in [-0.39, 0.29) is 31.3 Å². The molecule has 3 atom stereocenters. The smallest absolute Gasteiger partial charge is 0.306 e. The van der Waals surface area contributed by atoms with Crippen LogP contribution >= 0.6 is 7.82 Å². The average molecular weight is 1000 g/mol. The fraction of sp³-hybridized carbons (Fsp3) is 0.767. The van der Waals surface area contributed by atoms with Gasteiger partial charge in [-0.25, -0.2) is 0 Å². The lowest BCUT2D eigenvalue weighted by molar-refractivity contribution is -0.870. The number of rotatable bonds is 51. The van der Waals surface area contributed by atoms with E-state index < -0.39 is 26.6 Å². The molecular weight excluding hydrogens is 892 g/mol. The number of phosphoric acid groups is 1. The van der Waals surface area contributed by atoms with Gasteiger partial charge in [-0.2, -0.15) is 0 Å². The Morgan fingerprint density at radius 3 is 1.39 bits per heavy atom. The Balaban J connectivity index is 5.36. The van der Waals surface area contributed by atoms with Gasteiger partial charge in [0, 0.05) is 12.8 Å². The lowest BCUT2D eigenvalue weighted by Gasteiger charge is -2.30. The van der Waals surface area contributed by atoms with Gasteiger partial charge in [-0.1, -0.05) is 229 Å². The van der Waals surface area contributed by atoms with Gasteiger partial charge in [-0.3, -0.25) is 14.2 Å². The average Bonchev–Trinajstić information content (AvgIpc) is 3.32. The highest BCUT2D eigenvalue weighted by molar-refractivity contribution is 7.45. The lowest BCUT2D eigenvalue weighted by Crippen LogP contribution is -2.47. The molecule has 70 heavy (non-hydrogen) atoms. The van der Waals surface area contributed by atoms with Crippen LogP contribution < -0.4 is 10.2 Å². The Morgan fingerprint density at radius 1 is 0.514 bits per heavy atom. The summed E-state index contributed by atoms with van der Waals surface area (Å²) in [6.07, 6.45) is 62.9. The number of amides is 1. The van der Waals surface area contributed by atoms with Crippen molar-refractivity contribution in [2.75, 3.05) is 40.9 Å². The normalized spacial score (nSPS) is 14.3. The van der Waals surface area contributed by atoms with Crippen molar-refractivity contribution in [2.24, 2.45) is 0 Å². The van der Waals surface area contributed by atoms with Gasteiger partial charge in [0.2, 0.25) is 5.91 Å². The summed E-state index contributed by atoms with van der Waals surface area (Å²) in [6.45, 7) is 6.69. The summed E-state index contributed by atoms with van der Waals surface area (Å²) in [5, 5.41) is 3.00. The molecule has 0 fully saturated rings. The van der Waals surface area contributed by atoms with E-state index >= 15 is 0 Å². The number of allylic oxidation sites excluding steroid dienone is 11. The van der Waals surface area contributed by atoms with Gasteiger partial charge in [0.05, 0.1) is 33.8 Å². The van der Waals surface area contributed by atoms with Crippen molar-refractivity contribution in [1.29, 1.82) is 0 Å².